The minimum Gasteiger partial charge on any atom is -0.457 e. The molecule has 2 N–H and O–H groups in total. The Morgan fingerprint density at radius 2 is 1.90 bits per heavy atom. The van der Waals surface area contributed by atoms with Crippen molar-refractivity contribution in [1.82, 2.24) is 0 Å². The van der Waals surface area contributed by atoms with Crippen molar-refractivity contribution in [1.29, 1.82) is 0 Å². The van der Waals surface area contributed by atoms with Gasteiger partial charge in [0.05, 0.1) is 18.3 Å². The van der Waals surface area contributed by atoms with Gasteiger partial charge in [-0.3, -0.25) is 9.59 Å². The predicted octanol–water partition coefficient (Wildman–Crippen LogP) is 4.92. The summed E-state index contributed by atoms with van der Waals surface area (Å²) in [6.45, 7) is 14.9. The first-order chi connectivity index (χ1) is 18.7. The van der Waals surface area contributed by atoms with Crippen molar-refractivity contribution in [2.75, 3.05) is 7.11 Å². The normalized spacial score (nSPS) is 36.0. The molecule has 0 radical (unpaired) electrons. The van der Waals surface area contributed by atoms with E-state index in [2.05, 4.69) is 13.8 Å². The molecule has 0 amide bonds. The fourth-order valence-corrected chi connectivity index (χ4v) is 5.49. The monoisotopic (exact) mass is 564 g/mol. The lowest BCUT2D eigenvalue weighted by molar-refractivity contribution is -0.156. The molecular formula is C32H52O8. The highest BCUT2D eigenvalue weighted by atomic mass is 16.6. The zero-order chi connectivity index (χ0) is 30.2. The van der Waals surface area contributed by atoms with E-state index in [1.54, 1.807) is 20.1 Å². The van der Waals surface area contributed by atoms with E-state index in [-0.39, 0.29) is 54.4 Å². The Hall–Kier alpha value is -2.00. The van der Waals surface area contributed by atoms with Gasteiger partial charge >= 0.3 is 11.9 Å². The Balaban J connectivity index is 2.16. The van der Waals surface area contributed by atoms with Crippen molar-refractivity contribution in [2.45, 2.75) is 123 Å². The molecule has 1 saturated heterocycles. The summed E-state index contributed by atoms with van der Waals surface area (Å²) in [6, 6.07) is 0. The van der Waals surface area contributed by atoms with Crippen molar-refractivity contribution in [3.63, 3.8) is 0 Å². The fourth-order valence-electron chi connectivity index (χ4n) is 5.49. The highest BCUT2D eigenvalue weighted by molar-refractivity contribution is 5.70. The first kappa shape index (κ1) is 34.2. The first-order valence-corrected chi connectivity index (χ1v) is 14.7. The third-order valence-corrected chi connectivity index (χ3v) is 8.36. The van der Waals surface area contributed by atoms with Gasteiger partial charge in [-0.05, 0) is 50.7 Å². The fraction of sp³-hybridized carbons (Fsp3) is 0.750. The second-order valence-electron chi connectivity index (χ2n) is 12.1. The van der Waals surface area contributed by atoms with Gasteiger partial charge < -0.3 is 29.2 Å². The van der Waals surface area contributed by atoms with Crippen LogP contribution in [0, 0.1) is 23.7 Å². The molecule has 11 atom stereocenters. The zero-order valence-corrected chi connectivity index (χ0v) is 25.8. The summed E-state index contributed by atoms with van der Waals surface area (Å²) < 4.78 is 22.7. The highest BCUT2D eigenvalue weighted by Crippen LogP contribution is 2.37. The van der Waals surface area contributed by atoms with Gasteiger partial charge in [-0.2, -0.15) is 0 Å². The van der Waals surface area contributed by atoms with Gasteiger partial charge in [0, 0.05) is 38.2 Å². The van der Waals surface area contributed by atoms with Gasteiger partial charge in [-0.25, -0.2) is 0 Å². The van der Waals surface area contributed by atoms with Crippen LogP contribution in [0.3, 0.4) is 0 Å². The van der Waals surface area contributed by atoms with E-state index in [9.17, 15) is 19.8 Å². The summed E-state index contributed by atoms with van der Waals surface area (Å²) in [5, 5.41) is 21.9. The SMILES string of the molecule is CCC(OC)C(C)C1OC1C(O)C(C)/C=C/C=C(\C)C1OC(=O)CC(C)CCC(C)(O)C(OC(C)=O)/C=C\C1C. The summed E-state index contributed by atoms with van der Waals surface area (Å²) in [6.07, 6.45) is 9.19. The van der Waals surface area contributed by atoms with Crippen LogP contribution >= 0.6 is 0 Å². The van der Waals surface area contributed by atoms with E-state index in [0.29, 0.717) is 12.8 Å². The number of carbonyl (C=O) groups is 2. The average Bonchev–Trinajstić information content (AvgIpc) is 3.68. The molecule has 0 spiro atoms. The lowest BCUT2D eigenvalue weighted by atomic mass is 9.87. The van der Waals surface area contributed by atoms with Gasteiger partial charge in [-0.15, -0.1) is 0 Å². The van der Waals surface area contributed by atoms with Crippen molar-refractivity contribution >= 4 is 11.9 Å². The number of aliphatic hydroxyl groups is 2. The number of ether oxygens (including phenoxy) is 4. The molecule has 2 aliphatic rings. The number of carbonyl (C=O) groups excluding carboxylic acids is 2. The molecule has 228 valence electrons. The quantitative estimate of drug-likeness (QED) is 0.166. The Morgan fingerprint density at radius 1 is 1.23 bits per heavy atom. The average molecular weight is 565 g/mol. The molecule has 0 aromatic heterocycles. The summed E-state index contributed by atoms with van der Waals surface area (Å²) in [5.41, 5.74) is -0.424. The minimum absolute atomic E-state index is 0.00415. The van der Waals surface area contributed by atoms with E-state index < -0.39 is 29.9 Å². The molecule has 0 aromatic carbocycles. The number of aliphatic hydroxyl groups excluding tert-OH is 1. The standard InChI is InChI=1S/C32H52O8/c1-10-25(37-9)23(6)30-31(40-30)28(35)20(3)12-11-13-21(4)29-22(5)14-15-26(38-24(7)33)32(8,36)17-16-19(2)18-27(34)39-29/h11-15,19-20,22-23,25-26,28-31,35-36H,10,16-18H2,1-9H3/b12-11+,15-14-,21-13+. The molecular weight excluding hydrogens is 512 g/mol. The minimum atomic E-state index is -1.26. The van der Waals surface area contributed by atoms with Gasteiger partial charge in [0.15, 0.2) is 0 Å². The maximum Gasteiger partial charge on any atom is 0.306 e. The van der Waals surface area contributed by atoms with Gasteiger partial charge in [0.1, 0.15) is 23.9 Å². The molecule has 0 bridgehead atoms. The molecule has 0 saturated carbocycles. The second-order valence-corrected chi connectivity index (χ2v) is 12.1. The molecule has 0 aromatic rings. The number of methoxy groups -OCH3 is 1. The van der Waals surface area contributed by atoms with Crippen LogP contribution in [-0.2, 0) is 28.5 Å². The smallest absolute Gasteiger partial charge is 0.306 e. The van der Waals surface area contributed by atoms with Gasteiger partial charge in [0.25, 0.3) is 0 Å². The maximum absolute atomic E-state index is 12.8. The maximum atomic E-state index is 12.8. The van der Waals surface area contributed by atoms with E-state index in [1.807, 2.05) is 52.0 Å². The van der Waals surface area contributed by atoms with Gasteiger partial charge in [0.2, 0.25) is 0 Å². The van der Waals surface area contributed by atoms with Crippen LogP contribution in [0.2, 0.25) is 0 Å². The lowest BCUT2D eigenvalue weighted by Crippen LogP contribution is -2.41. The third kappa shape index (κ3) is 9.82. The number of allylic oxidation sites excluding steroid dienone is 2. The molecule has 8 heteroatoms. The number of hydrogen-bond acceptors (Lipinski definition) is 8. The van der Waals surface area contributed by atoms with Crippen molar-refractivity contribution in [3.05, 3.63) is 36.0 Å². The Morgan fingerprint density at radius 3 is 2.50 bits per heavy atom. The number of esters is 2. The lowest BCUT2D eigenvalue weighted by Gasteiger charge is -2.32. The van der Waals surface area contributed by atoms with Crippen molar-refractivity contribution in [3.8, 4) is 0 Å². The molecule has 2 rings (SSSR count). The molecule has 8 nitrogen and oxygen atoms in total. The van der Waals surface area contributed by atoms with E-state index in [0.717, 1.165) is 12.0 Å². The molecule has 0 aliphatic carbocycles. The first-order valence-electron chi connectivity index (χ1n) is 14.7. The summed E-state index contributed by atoms with van der Waals surface area (Å²) >= 11 is 0. The largest absolute Gasteiger partial charge is 0.457 e. The van der Waals surface area contributed by atoms with Crippen LogP contribution in [0.1, 0.15) is 81.1 Å². The van der Waals surface area contributed by atoms with Crippen LogP contribution in [0.4, 0.5) is 0 Å². The predicted molar refractivity (Wildman–Crippen MR) is 154 cm³/mol. The van der Waals surface area contributed by atoms with E-state index in [1.165, 1.54) is 6.92 Å². The van der Waals surface area contributed by atoms with Crippen LogP contribution in [0.5, 0.6) is 0 Å². The van der Waals surface area contributed by atoms with E-state index in [4.69, 9.17) is 18.9 Å². The summed E-state index contributed by atoms with van der Waals surface area (Å²) in [4.78, 5) is 24.5. The Kier molecular flexibility index (Phi) is 13.1. The summed E-state index contributed by atoms with van der Waals surface area (Å²) in [5.74, 6) is -0.945. The molecule has 2 heterocycles. The molecule has 1 fully saturated rings. The van der Waals surface area contributed by atoms with Crippen LogP contribution < -0.4 is 0 Å². The third-order valence-electron chi connectivity index (χ3n) is 8.36. The van der Waals surface area contributed by atoms with Crippen molar-refractivity contribution in [2.24, 2.45) is 23.7 Å². The zero-order valence-electron chi connectivity index (χ0n) is 25.8. The second kappa shape index (κ2) is 15.3. The highest BCUT2D eigenvalue weighted by Gasteiger charge is 2.50. The topological polar surface area (TPSA) is 115 Å². The number of rotatable bonds is 10. The van der Waals surface area contributed by atoms with Crippen LogP contribution in [0.25, 0.3) is 0 Å². The molecule has 2 aliphatic heterocycles. The Labute approximate surface area is 240 Å². The van der Waals surface area contributed by atoms with Crippen LogP contribution in [0.15, 0.2) is 36.0 Å². The van der Waals surface area contributed by atoms with Crippen LogP contribution in [-0.4, -0.2) is 71.5 Å². The number of hydrogen-bond donors (Lipinski definition) is 2. The number of epoxide rings is 1. The van der Waals surface area contributed by atoms with Gasteiger partial charge in [-0.1, -0.05) is 58.9 Å². The molecule has 40 heavy (non-hydrogen) atoms. The Bertz CT molecular complexity index is 918. The van der Waals surface area contributed by atoms with E-state index >= 15 is 0 Å². The summed E-state index contributed by atoms with van der Waals surface area (Å²) in [7, 11) is 1.71. The number of cyclic esters (lactones) is 1. The van der Waals surface area contributed by atoms with Crippen molar-refractivity contribution < 1.29 is 38.7 Å². The molecule has 11 unspecified atom stereocenters.